The second-order valence-corrected chi connectivity index (χ2v) is 2.86. The lowest BCUT2D eigenvalue weighted by Crippen LogP contribution is -2.09. The summed E-state index contributed by atoms with van der Waals surface area (Å²) in [6.07, 6.45) is 0. The molecule has 1 aromatic carbocycles. The molecule has 0 spiro atoms. The average Bonchev–Trinajstić information content (AvgIpc) is 2.07. The van der Waals surface area contributed by atoms with Gasteiger partial charge >= 0.3 is 5.97 Å². The van der Waals surface area contributed by atoms with Gasteiger partial charge in [-0.3, -0.25) is 0 Å². The molecule has 0 heterocycles. The summed E-state index contributed by atoms with van der Waals surface area (Å²) in [5.41, 5.74) is -0.663. The zero-order valence-electron chi connectivity index (χ0n) is 6.21. The molecule has 13 heavy (non-hydrogen) atoms. The largest absolute Gasteiger partial charge is 0.506 e. The molecule has 0 saturated carbocycles. The van der Waals surface area contributed by atoms with E-state index in [0.717, 1.165) is 0 Å². The molecule has 1 rings (SSSR count). The molecule has 70 valence electrons. The molecule has 0 bridgehead atoms. The Kier molecular flexibility index (Phi) is 2.48. The van der Waals surface area contributed by atoms with Crippen LogP contribution in [0.25, 0.3) is 0 Å². The third-order valence-electron chi connectivity index (χ3n) is 1.46. The Bertz CT molecular complexity index is 378. The number of halogens is 2. The third-order valence-corrected chi connectivity index (χ3v) is 1.98. The summed E-state index contributed by atoms with van der Waals surface area (Å²) in [5.74, 6) is -4.87. The topological polar surface area (TPSA) is 57.5 Å². The molecule has 0 aromatic heterocycles. The van der Waals surface area contributed by atoms with Gasteiger partial charge in [-0.25, -0.2) is 13.6 Å². The number of aromatic carboxylic acids is 1. The molecule has 0 aliphatic rings. The average molecular weight is 206 g/mol. The first-order valence-corrected chi connectivity index (χ1v) is 3.72. The first kappa shape index (κ1) is 9.86. The highest BCUT2D eigenvalue weighted by Gasteiger charge is 2.18. The van der Waals surface area contributed by atoms with Crippen molar-refractivity contribution in [1.82, 2.24) is 0 Å². The zero-order chi connectivity index (χ0) is 10.2. The fraction of sp³-hybridized carbons (Fsp3) is 0. The van der Waals surface area contributed by atoms with Crippen molar-refractivity contribution >= 4 is 20.5 Å². The number of carboxylic acids is 1. The van der Waals surface area contributed by atoms with Gasteiger partial charge in [-0.1, -0.05) is 9.24 Å². The van der Waals surface area contributed by atoms with Gasteiger partial charge in [0, 0.05) is 0 Å². The van der Waals surface area contributed by atoms with E-state index in [1.165, 1.54) is 0 Å². The van der Waals surface area contributed by atoms with E-state index in [9.17, 15) is 13.6 Å². The number of hydrogen-bond donors (Lipinski definition) is 2. The van der Waals surface area contributed by atoms with Gasteiger partial charge in [0.25, 0.3) is 0 Å². The van der Waals surface area contributed by atoms with Crippen molar-refractivity contribution in [2.45, 2.75) is 0 Å². The van der Waals surface area contributed by atoms with Crippen LogP contribution in [0.4, 0.5) is 8.78 Å². The van der Waals surface area contributed by atoms with Crippen LogP contribution in [0.2, 0.25) is 0 Å². The molecule has 1 aromatic rings. The quantitative estimate of drug-likeness (QED) is 0.670. The van der Waals surface area contributed by atoms with Crippen LogP contribution in [0.1, 0.15) is 10.4 Å². The summed E-state index contributed by atoms with van der Waals surface area (Å²) >= 11 is 0. The van der Waals surface area contributed by atoms with Gasteiger partial charge < -0.3 is 10.2 Å². The molecule has 6 heteroatoms. The van der Waals surface area contributed by atoms with Crippen molar-refractivity contribution in [2.24, 2.45) is 0 Å². The molecule has 0 amide bonds. The Morgan fingerprint density at radius 3 is 2.46 bits per heavy atom. The van der Waals surface area contributed by atoms with E-state index in [1.54, 1.807) is 9.24 Å². The predicted octanol–water partition coefficient (Wildman–Crippen LogP) is 0.869. The number of phenols is 1. The summed E-state index contributed by atoms with van der Waals surface area (Å²) in [7, 11) is 1.73. The number of carbonyl (C=O) groups is 1. The summed E-state index contributed by atoms with van der Waals surface area (Å²) in [6.45, 7) is 0. The highest BCUT2D eigenvalue weighted by molar-refractivity contribution is 7.27. The van der Waals surface area contributed by atoms with E-state index >= 15 is 0 Å². The normalized spacial score (nSPS) is 10.1. The maximum atomic E-state index is 12.7. The molecule has 3 nitrogen and oxygen atoms in total. The number of aromatic hydroxyl groups is 1. The smallest absolute Gasteiger partial charge is 0.339 e. The van der Waals surface area contributed by atoms with Crippen LogP contribution in [0, 0.1) is 11.6 Å². The lowest BCUT2D eigenvalue weighted by Gasteiger charge is -2.04. The second-order valence-electron chi connectivity index (χ2n) is 2.29. The minimum Gasteiger partial charge on any atom is -0.506 e. The minimum atomic E-state index is -1.51. The van der Waals surface area contributed by atoms with Crippen LogP contribution in [0.5, 0.6) is 5.75 Å². The van der Waals surface area contributed by atoms with E-state index < -0.39 is 34.2 Å². The number of benzene rings is 1. The van der Waals surface area contributed by atoms with Gasteiger partial charge in [-0.15, -0.1) is 0 Å². The van der Waals surface area contributed by atoms with E-state index in [2.05, 4.69) is 0 Å². The Morgan fingerprint density at radius 2 is 2.00 bits per heavy atom. The van der Waals surface area contributed by atoms with Gasteiger partial charge in [-0.2, -0.15) is 0 Å². The van der Waals surface area contributed by atoms with Gasteiger partial charge in [0.2, 0.25) is 0 Å². The highest BCUT2D eigenvalue weighted by Crippen LogP contribution is 2.20. The Hall–Kier alpha value is -1.22. The van der Waals surface area contributed by atoms with Gasteiger partial charge in [0.1, 0.15) is 11.3 Å². The second kappa shape index (κ2) is 3.26. The molecule has 2 N–H and O–H groups in total. The van der Waals surface area contributed by atoms with Crippen LogP contribution in [0.3, 0.4) is 0 Å². The lowest BCUT2D eigenvalue weighted by molar-refractivity contribution is 0.0693. The van der Waals surface area contributed by atoms with E-state index in [0.29, 0.717) is 6.07 Å². The fourth-order valence-corrected chi connectivity index (χ4v) is 1.09. The zero-order valence-corrected chi connectivity index (χ0v) is 7.37. The fourth-order valence-electron chi connectivity index (χ4n) is 0.799. The van der Waals surface area contributed by atoms with Crippen LogP contribution >= 0.6 is 9.24 Å². The number of carboxylic acid groups (broad SMARTS) is 1. The number of hydrogen-bond acceptors (Lipinski definition) is 2. The molecule has 0 saturated heterocycles. The molecular weight excluding hydrogens is 201 g/mol. The third kappa shape index (κ3) is 1.60. The van der Waals surface area contributed by atoms with Crippen LogP contribution in [-0.4, -0.2) is 16.2 Å². The number of rotatable bonds is 1. The maximum absolute atomic E-state index is 12.7. The van der Waals surface area contributed by atoms with Crippen molar-refractivity contribution in [3.63, 3.8) is 0 Å². The Labute approximate surface area is 74.2 Å². The molecular formula is C7H5F2O3P. The van der Waals surface area contributed by atoms with Crippen molar-refractivity contribution in [2.75, 3.05) is 0 Å². The Balaban J connectivity index is 3.50. The standard InChI is InChI=1S/C7H5F2O3P/c8-3-1-2(7(11)12)5(10)6(13)4(3)9/h1,10H,13H2,(H,11,12). The van der Waals surface area contributed by atoms with Crippen LogP contribution in [-0.2, 0) is 0 Å². The maximum Gasteiger partial charge on any atom is 0.339 e. The summed E-state index contributed by atoms with van der Waals surface area (Å²) in [6, 6.07) is 0.431. The van der Waals surface area contributed by atoms with E-state index in [-0.39, 0.29) is 0 Å². The van der Waals surface area contributed by atoms with Gasteiger partial charge in [-0.05, 0) is 6.07 Å². The summed E-state index contributed by atoms with van der Waals surface area (Å²) in [4.78, 5) is 10.4. The van der Waals surface area contributed by atoms with Crippen LogP contribution < -0.4 is 5.30 Å². The Morgan fingerprint density at radius 1 is 1.46 bits per heavy atom. The molecule has 0 radical (unpaired) electrons. The first-order valence-electron chi connectivity index (χ1n) is 3.15. The van der Waals surface area contributed by atoms with Gasteiger partial charge in [0.05, 0.1) is 5.30 Å². The van der Waals surface area contributed by atoms with Crippen molar-refractivity contribution in [3.05, 3.63) is 23.3 Å². The van der Waals surface area contributed by atoms with Crippen LogP contribution in [0.15, 0.2) is 6.07 Å². The van der Waals surface area contributed by atoms with Crippen molar-refractivity contribution in [3.8, 4) is 5.75 Å². The molecule has 1 atom stereocenters. The highest BCUT2D eigenvalue weighted by atomic mass is 31.0. The monoisotopic (exact) mass is 206 g/mol. The summed E-state index contributed by atoms with van der Waals surface area (Å²) < 4.78 is 25.3. The molecule has 0 aliphatic heterocycles. The summed E-state index contributed by atoms with van der Waals surface area (Å²) in [5, 5.41) is 17.0. The lowest BCUT2D eigenvalue weighted by atomic mass is 10.2. The van der Waals surface area contributed by atoms with Gasteiger partial charge in [0.15, 0.2) is 11.6 Å². The van der Waals surface area contributed by atoms with Crippen molar-refractivity contribution < 1.29 is 23.8 Å². The van der Waals surface area contributed by atoms with Crippen molar-refractivity contribution in [1.29, 1.82) is 0 Å². The minimum absolute atomic E-state index is 0.431. The molecule has 0 fully saturated rings. The van der Waals surface area contributed by atoms with E-state index in [1.807, 2.05) is 0 Å². The van der Waals surface area contributed by atoms with E-state index in [4.69, 9.17) is 10.2 Å². The first-order chi connectivity index (χ1) is 5.95. The molecule has 0 aliphatic carbocycles. The SMILES string of the molecule is O=C(O)c1cc(F)c(F)c(P)c1O. The molecule has 1 unspecified atom stereocenters. The predicted molar refractivity (Wildman–Crippen MR) is 44.3 cm³/mol.